The van der Waals surface area contributed by atoms with Gasteiger partial charge >= 0.3 is 6.09 Å². The van der Waals surface area contributed by atoms with Crippen molar-refractivity contribution in [3.05, 3.63) is 29.3 Å². The van der Waals surface area contributed by atoms with Crippen molar-refractivity contribution >= 4 is 11.8 Å². The number of nitrogens with one attached hydrogen (secondary N) is 1. The average molecular weight is 220 g/mol. The fourth-order valence-electron chi connectivity index (χ4n) is 2.13. The highest BCUT2D eigenvalue weighted by molar-refractivity contribution is 5.83. The van der Waals surface area contributed by atoms with Gasteiger partial charge in [-0.15, -0.1) is 0 Å². The summed E-state index contributed by atoms with van der Waals surface area (Å²) in [5.74, 6) is 0. The summed E-state index contributed by atoms with van der Waals surface area (Å²) in [4.78, 5) is 12.8. The van der Waals surface area contributed by atoms with Crippen LogP contribution in [0.3, 0.4) is 0 Å². The normalized spacial score (nSPS) is 16.3. The highest BCUT2D eigenvalue weighted by Crippen LogP contribution is 2.21. The minimum atomic E-state index is -1.01. The van der Waals surface area contributed by atoms with Crippen LogP contribution in [0.15, 0.2) is 18.2 Å². The van der Waals surface area contributed by atoms with Crippen LogP contribution >= 0.6 is 0 Å². The van der Waals surface area contributed by atoms with Gasteiger partial charge in [-0.2, -0.15) is 0 Å². The number of hydrogen-bond acceptors (Lipinski definition) is 2. The van der Waals surface area contributed by atoms with E-state index in [2.05, 4.69) is 17.3 Å². The van der Waals surface area contributed by atoms with Crippen LogP contribution in [0, 0.1) is 0 Å². The van der Waals surface area contributed by atoms with Crippen molar-refractivity contribution in [1.29, 1.82) is 0 Å². The van der Waals surface area contributed by atoms with E-state index in [1.54, 1.807) is 0 Å². The molecule has 0 saturated carbocycles. The molecule has 0 atom stereocenters. The quantitative estimate of drug-likeness (QED) is 0.762. The molecule has 86 valence electrons. The van der Waals surface area contributed by atoms with E-state index in [1.165, 1.54) is 11.1 Å². The largest absolute Gasteiger partial charge is 0.465 e. The molecular formula is C12H16N2O2. The fourth-order valence-corrected chi connectivity index (χ4v) is 2.13. The topological polar surface area (TPSA) is 52.6 Å². The first-order valence-corrected chi connectivity index (χ1v) is 5.45. The van der Waals surface area contributed by atoms with E-state index in [0.717, 1.165) is 25.9 Å². The molecule has 0 unspecified atom stereocenters. The van der Waals surface area contributed by atoms with Crippen molar-refractivity contribution < 1.29 is 9.90 Å². The van der Waals surface area contributed by atoms with Gasteiger partial charge in [0.15, 0.2) is 0 Å². The molecule has 1 amide bonds. The van der Waals surface area contributed by atoms with Gasteiger partial charge in [-0.1, -0.05) is 6.07 Å². The lowest BCUT2D eigenvalue weighted by molar-refractivity contribution is 0.210. The van der Waals surface area contributed by atoms with Crippen LogP contribution in [0.5, 0.6) is 0 Å². The van der Waals surface area contributed by atoms with Gasteiger partial charge in [0.25, 0.3) is 0 Å². The second kappa shape index (κ2) is 4.53. The second-order valence-electron chi connectivity index (χ2n) is 4.25. The van der Waals surface area contributed by atoms with Crippen LogP contribution in [0.25, 0.3) is 0 Å². The van der Waals surface area contributed by atoms with Gasteiger partial charge in [-0.05, 0) is 49.7 Å². The summed E-state index contributed by atoms with van der Waals surface area (Å²) >= 11 is 0. The zero-order chi connectivity index (χ0) is 11.5. The molecule has 4 heteroatoms. The predicted octanol–water partition coefficient (Wildman–Crippen LogP) is 2.15. The number of carboxylic acid groups (broad SMARTS) is 1. The summed E-state index contributed by atoms with van der Waals surface area (Å²) in [5, 5.41) is 11.0. The minimum absolute atomic E-state index is 0.654. The summed E-state index contributed by atoms with van der Waals surface area (Å²) in [5.41, 5.74) is 3.22. The molecule has 0 saturated heterocycles. The first kappa shape index (κ1) is 11.0. The minimum Gasteiger partial charge on any atom is -0.465 e. The lowest BCUT2D eigenvalue weighted by atomic mass is 10.0. The predicted molar refractivity (Wildman–Crippen MR) is 62.7 cm³/mol. The van der Waals surface area contributed by atoms with Crippen LogP contribution in [-0.2, 0) is 13.0 Å². The molecule has 0 spiro atoms. The molecule has 1 aliphatic rings. The van der Waals surface area contributed by atoms with E-state index in [-0.39, 0.29) is 0 Å². The lowest BCUT2D eigenvalue weighted by Crippen LogP contribution is -2.17. The van der Waals surface area contributed by atoms with E-state index in [4.69, 9.17) is 5.11 Å². The number of rotatable bonds is 1. The first-order valence-electron chi connectivity index (χ1n) is 5.45. The van der Waals surface area contributed by atoms with E-state index in [1.807, 2.05) is 18.2 Å². The van der Waals surface area contributed by atoms with Crippen molar-refractivity contribution in [3.63, 3.8) is 0 Å². The van der Waals surface area contributed by atoms with Crippen LogP contribution in [0.2, 0.25) is 0 Å². The Morgan fingerprint density at radius 2 is 2.25 bits per heavy atom. The average Bonchev–Trinajstić information content (AvgIpc) is 2.37. The van der Waals surface area contributed by atoms with E-state index >= 15 is 0 Å². The van der Waals surface area contributed by atoms with E-state index in [9.17, 15) is 4.79 Å². The summed E-state index contributed by atoms with van der Waals surface area (Å²) in [7, 11) is 2.09. The van der Waals surface area contributed by atoms with Crippen LogP contribution in [0.4, 0.5) is 10.5 Å². The Balaban J connectivity index is 2.25. The molecule has 2 N–H and O–H groups in total. The third-order valence-corrected chi connectivity index (χ3v) is 2.88. The zero-order valence-electron chi connectivity index (χ0n) is 9.36. The van der Waals surface area contributed by atoms with Gasteiger partial charge in [0.1, 0.15) is 0 Å². The molecule has 0 radical (unpaired) electrons. The van der Waals surface area contributed by atoms with Crippen molar-refractivity contribution in [2.75, 3.05) is 18.9 Å². The molecule has 0 aliphatic carbocycles. The molecule has 2 rings (SSSR count). The van der Waals surface area contributed by atoms with Crippen LogP contribution < -0.4 is 5.32 Å². The zero-order valence-corrected chi connectivity index (χ0v) is 9.36. The Morgan fingerprint density at radius 1 is 1.44 bits per heavy atom. The number of nitrogens with zero attached hydrogens (tertiary/aromatic N) is 1. The van der Waals surface area contributed by atoms with Crippen molar-refractivity contribution in [2.45, 2.75) is 19.4 Å². The molecule has 0 aromatic heterocycles. The summed E-state index contributed by atoms with van der Waals surface area (Å²) in [6.45, 7) is 1.99. The number of aryl methyl sites for hydroxylation is 1. The van der Waals surface area contributed by atoms with Crippen molar-refractivity contribution in [3.8, 4) is 0 Å². The highest BCUT2D eigenvalue weighted by Gasteiger charge is 2.12. The lowest BCUT2D eigenvalue weighted by Gasteiger charge is -2.14. The third-order valence-electron chi connectivity index (χ3n) is 2.88. The van der Waals surface area contributed by atoms with Crippen LogP contribution in [0.1, 0.15) is 17.5 Å². The molecular weight excluding hydrogens is 204 g/mol. The third kappa shape index (κ3) is 2.52. The smallest absolute Gasteiger partial charge is 0.409 e. The van der Waals surface area contributed by atoms with Gasteiger partial charge in [0.05, 0.1) is 0 Å². The Morgan fingerprint density at radius 3 is 3.00 bits per heavy atom. The second-order valence-corrected chi connectivity index (χ2v) is 4.25. The van der Waals surface area contributed by atoms with Gasteiger partial charge in [-0.25, -0.2) is 4.79 Å². The fraction of sp³-hybridized carbons (Fsp3) is 0.417. The Labute approximate surface area is 94.9 Å². The molecule has 1 aliphatic heterocycles. The Bertz CT molecular complexity index is 404. The molecule has 1 aromatic carbocycles. The standard InChI is InChI=1S/C12H16N2O2/c1-14-6-2-3-9-4-5-11(13-12(15)16)7-10(9)8-14/h4-5,7,13H,2-3,6,8H2,1H3,(H,15,16). The summed E-state index contributed by atoms with van der Waals surface area (Å²) < 4.78 is 0. The number of carbonyl (C=O) groups is 1. The molecule has 1 aromatic rings. The maximum absolute atomic E-state index is 10.5. The van der Waals surface area contributed by atoms with Gasteiger partial charge < -0.3 is 10.0 Å². The Kier molecular flexibility index (Phi) is 3.10. The molecule has 4 nitrogen and oxygen atoms in total. The molecule has 0 fully saturated rings. The number of anilines is 1. The van der Waals surface area contributed by atoms with Gasteiger partial charge in [-0.3, -0.25) is 5.32 Å². The van der Waals surface area contributed by atoms with Crippen molar-refractivity contribution in [2.24, 2.45) is 0 Å². The van der Waals surface area contributed by atoms with Crippen LogP contribution in [-0.4, -0.2) is 29.7 Å². The SMILES string of the molecule is CN1CCCc2ccc(NC(=O)O)cc2C1. The Hall–Kier alpha value is -1.55. The maximum atomic E-state index is 10.5. The van der Waals surface area contributed by atoms with E-state index < -0.39 is 6.09 Å². The molecule has 0 bridgehead atoms. The number of amides is 1. The maximum Gasteiger partial charge on any atom is 0.409 e. The highest BCUT2D eigenvalue weighted by atomic mass is 16.4. The first-order chi connectivity index (χ1) is 7.65. The van der Waals surface area contributed by atoms with Crippen molar-refractivity contribution in [1.82, 2.24) is 4.90 Å². The number of hydrogen-bond donors (Lipinski definition) is 2. The van der Waals surface area contributed by atoms with E-state index in [0.29, 0.717) is 5.69 Å². The summed E-state index contributed by atoms with van der Waals surface area (Å²) in [6, 6.07) is 5.79. The van der Waals surface area contributed by atoms with Gasteiger partial charge in [0.2, 0.25) is 0 Å². The summed E-state index contributed by atoms with van der Waals surface area (Å²) in [6.07, 6.45) is 1.23. The number of fused-ring (bicyclic) bond motifs is 1. The van der Waals surface area contributed by atoms with Gasteiger partial charge in [0, 0.05) is 12.2 Å². The molecule has 16 heavy (non-hydrogen) atoms. The number of benzene rings is 1. The monoisotopic (exact) mass is 220 g/mol. The molecule has 1 heterocycles.